The first-order valence-electron chi connectivity index (χ1n) is 6.22. The van der Waals surface area contributed by atoms with Crippen LogP contribution >= 0.6 is 0 Å². The van der Waals surface area contributed by atoms with Crippen molar-refractivity contribution in [1.29, 1.82) is 0 Å². The third-order valence-corrected chi connectivity index (χ3v) is 4.78. The predicted octanol–water partition coefficient (Wildman–Crippen LogP) is 0.957. The van der Waals surface area contributed by atoms with E-state index in [1.165, 1.54) is 19.1 Å². The number of benzene rings is 1. The molecule has 1 aliphatic carbocycles. The molecule has 1 aliphatic rings. The maximum Gasteiger partial charge on any atom is 0.321 e. The van der Waals surface area contributed by atoms with Crippen molar-refractivity contribution in [2.45, 2.75) is 37.1 Å². The van der Waals surface area contributed by atoms with E-state index in [1.807, 2.05) is 0 Å². The van der Waals surface area contributed by atoms with Gasteiger partial charge in [0.25, 0.3) is 0 Å². The molecule has 2 N–H and O–H groups in total. The molecule has 7 heteroatoms. The van der Waals surface area contributed by atoms with Crippen LogP contribution in [0.1, 0.15) is 35.7 Å². The SMILES string of the molecule is C[C@@H](NS(=O)(=O)c1ccc2c(c1)C(=O)CCC2)C(=O)O. The summed E-state index contributed by atoms with van der Waals surface area (Å²) >= 11 is 0. The second-order valence-corrected chi connectivity index (χ2v) is 6.49. The van der Waals surface area contributed by atoms with Crippen LogP contribution in [0.15, 0.2) is 23.1 Å². The number of carbonyl (C=O) groups is 2. The van der Waals surface area contributed by atoms with E-state index < -0.39 is 22.0 Å². The fraction of sp³-hybridized carbons (Fsp3) is 0.385. The Balaban J connectivity index is 2.36. The van der Waals surface area contributed by atoms with E-state index in [2.05, 4.69) is 4.72 Å². The lowest BCUT2D eigenvalue weighted by Crippen LogP contribution is -2.38. The first-order valence-corrected chi connectivity index (χ1v) is 7.71. The second-order valence-electron chi connectivity index (χ2n) is 4.78. The topological polar surface area (TPSA) is 101 Å². The first kappa shape index (κ1) is 14.7. The van der Waals surface area contributed by atoms with Crippen LogP contribution in [0.2, 0.25) is 0 Å². The van der Waals surface area contributed by atoms with Gasteiger partial charge >= 0.3 is 5.97 Å². The molecule has 2 rings (SSSR count). The van der Waals surface area contributed by atoms with Crippen molar-refractivity contribution in [2.24, 2.45) is 0 Å². The van der Waals surface area contributed by atoms with E-state index in [1.54, 1.807) is 6.07 Å². The van der Waals surface area contributed by atoms with Gasteiger partial charge in [-0.05, 0) is 37.5 Å². The highest BCUT2D eigenvalue weighted by Gasteiger charge is 2.24. The van der Waals surface area contributed by atoms with Gasteiger partial charge in [0.05, 0.1) is 4.90 Å². The van der Waals surface area contributed by atoms with Crippen molar-refractivity contribution in [3.63, 3.8) is 0 Å². The summed E-state index contributed by atoms with van der Waals surface area (Å²) in [5.74, 6) is -1.34. The van der Waals surface area contributed by atoms with Crippen molar-refractivity contribution in [3.8, 4) is 0 Å². The molecule has 0 spiro atoms. The number of hydrogen-bond acceptors (Lipinski definition) is 4. The van der Waals surface area contributed by atoms with Gasteiger partial charge in [-0.25, -0.2) is 8.42 Å². The molecule has 0 saturated heterocycles. The number of ketones is 1. The smallest absolute Gasteiger partial charge is 0.321 e. The molecule has 0 aliphatic heterocycles. The lowest BCUT2D eigenvalue weighted by Gasteiger charge is -2.16. The van der Waals surface area contributed by atoms with Crippen molar-refractivity contribution < 1.29 is 23.1 Å². The van der Waals surface area contributed by atoms with E-state index >= 15 is 0 Å². The van der Waals surface area contributed by atoms with Crippen molar-refractivity contribution in [3.05, 3.63) is 29.3 Å². The van der Waals surface area contributed by atoms with E-state index in [4.69, 9.17) is 5.11 Å². The highest BCUT2D eigenvalue weighted by molar-refractivity contribution is 7.89. The summed E-state index contributed by atoms with van der Waals surface area (Å²) in [6.45, 7) is 1.24. The molecular formula is C13H15NO5S. The van der Waals surface area contributed by atoms with Gasteiger partial charge in [-0.1, -0.05) is 6.07 Å². The molecule has 0 amide bonds. The Labute approximate surface area is 116 Å². The quantitative estimate of drug-likeness (QED) is 0.862. The van der Waals surface area contributed by atoms with Crippen molar-refractivity contribution >= 4 is 21.8 Å². The van der Waals surface area contributed by atoms with Crippen LogP contribution in [0, 0.1) is 0 Å². The Morgan fingerprint density at radius 2 is 2.05 bits per heavy atom. The normalized spacial score (nSPS) is 16.6. The zero-order valence-corrected chi connectivity index (χ0v) is 11.7. The number of aliphatic carboxylic acids is 1. The third kappa shape index (κ3) is 2.88. The summed E-state index contributed by atoms with van der Waals surface area (Å²) in [6, 6.07) is 3.11. The van der Waals surface area contributed by atoms with Crippen LogP contribution in [0.4, 0.5) is 0 Å². The second kappa shape index (κ2) is 5.34. The molecule has 1 aromatic rings. The van der Waals surface area contributed by atoms with Gasteiger partial charge < -0.3 is 5.11 Å². The number of carboxylic acid groups (broad SMARTS) is 1. The summed E-state index contributed by atoms with van der Waals surface area (Å²) in [5.41, 5.74) is 1.26. The number of hydrogen-bond donors (Lipinski definition) is 2. The molecule has 108 valence electrons. The summed E-state index contributed by atoms with van der Waals surface area (Å²) in [7, 11) is -3.94. The van der Waals surface area contributed by atoms with Gasteiger partial charge in [-0.3, -0.25) is 9.59 Å². The van der Waals surface area contributed by atoms with Crippen LogP contribution in [0.25, 0.3) is 0 Å². The molecule has 0 bridgehead atoms. The Hall–Kier alpha value is -1.73. The Kier molecular flexibility index (Phi) is 3.92. The number of rotatable bonds is 4. The molecule has 0 unspecified atom stereocenters. The van der Waals surface area contributed by atoms with Gasteiger partial charge in [0, 0.05) is 12.0 Å². The Morgan fingerprint density at radius 1 is 1.35 bits per heavy atom. The lowest BCUT2D eigenvalue weighted by molar-refractivity contribution is -0.138. The maximum atomic E-state index is 12.1. The number of sulfonamides is 1. The average molecular weight is 297 g/mol. The minimum atomic E-state index is -3.94. The molecule has 0 saturated carbocycles. The van der Waals surface area contributed by atoms with Crippen LogP contribution in [-0.4, -0.2) is 31.3 Å². The van der Waals surface area contributed by atoms with Gasteiger partial charge in [0.1, 0.15) is 6.04 Å². The molecule has 0 aromatic heterocycles. The summed E-state index contributed by atoms with van der Waals surface area (Å²) in [5, 5.41) is 8.75. The van der Waals surface area contributed by atoms with Gasteiger partial charge in [0.2, 0.25) is 10.0 Å². The zero-order valence-electron chi connectivity index (χ0n) is 10.9. The molecule has 1 atom stereocenters. The number of Topliss-reactive ketones (excluding diaryl/α,β-unsaturated/α-hetero) is 1. The number of fused-ring (bicyclic) bond motifs is 1. The number of carbonyl (C=O) groups excluding carboxylic acids is 1. The zero-order chi connectivity index (χ0) is 14.9. The van der Waals surface area contributed by atoms with E-state index in [9.17, 15) is 18.0 Å². The fourth-order valence-electron chi connectivity index (χ4n) is 2.13. The number of nitrogens with one attached hydrogen (secondary N) is 1. The minimum Gasteiger partial charge on any atom is -0.480 e. The Bertz CT molecular complexity index is 665. The largest absolute Gasteiger partial charge is 0.480 e. The van der Waals surface area contributed by atoms with Gasteiger partial charge in [-0.2, -0.15) is 4.72 Å². The Morgan fingerprint density at radius 3 is 2.70 bits per heavy atom. The van der Waals surface area contributed by atoms with Crippen molar-refractivity contribution in [2.75, 3.05) is 0 Å². The molecule has 0 heterocycles. The highest BCUT2D eigenvalue weighted by Crippen LogP contribution is 2.24. The molecular weight excluding hydrogens is 282 g/mol. The fourth-order valence-corrected chi connectivity index (χ4v) is 3.35. The van der Waals surface area contributed by atoms with E-state index in [0.29, 0.717) is 12.0 Å². The highest BCUT2D eigenvalue weighted by atomic mass is 32.2. The first-order chi connectivity index (χ1) is 9.31. The molecule has 0 radical (unpaired) electrons. The average Bonchev–Trinajstić information content (AvgIpc) is 2.38. The lowest BCUT2D eigenvalue weighted by atomic mass is 9.91. The van der Waals surface area contributed by atoms with Crippen LogP contribution < -0.4 is 4.72 Å². The van der Waals surface area contributed by atoms with Crippen LogP contribution in [0.5, 0.6) is 0 Å². The molecule has 0 fully saturated rings. The predicted molar refractivity (Wildman–Crippen MR) is 71.1 cm³/mol. The summed E-state index contributed by atoms with van der Waals surface area (Å²) in [4.78, 5) is 22.4. The van der Waals surface area contributed by atoms with Gasteiger partial charge in [0.15, 0.2) is 5.78 Å². The van der Waals surface area contributed by atoms with Gasteiger partial charge in [-0.15, -0.1) is 0 Å². The number of aryl methyl sites for hydroxylation is 1. The standard InChI is InChI=1S/C13H15NO5S/c1-8(13(16)17)14-20(18,19)10-6-5-9-3-2-4-12(15)11(9)7-10/h5-8,14H,2-4H2,1H3,(H,16,17)/t8-/m1/s1. The third-order valence-electron chi connectivity index (χ3n) is 3.24. The summed E-state index contributed by atoms with van der Waals surface area (Å²) in [6.07, 6.45) is 1.93. The molecule has 6 nitrogen and oxygen atoms in total. The monoisotopic (exact) mass is 297 g/mol. The van der Waals surface area contributed by atoms with E-state index in [-0.39, 0.29) is 10.7 Å². The van der Waals surface area contributed by atoms with Crippen LogP contribution in [0.3, 0.4) is 0 Å². The molecule has 20 heavy (non-hydrogen) atoms. The number of carboxylic acids is 1. The maximum absolute atomic E-state index is 12.1. The summed E-state index contributed by atoms with van der Waals surface area (Å²) < 4.78 is 26.2. The van der Waals surface area contributed by atoms with Crippen LogP contribution in [-0.2, 0) is 21.2 Å². The molecule has 1 aromatic carbocycles. The minimum absolute atomic E-state index is 0.0745. The van der Waals surface area contributed by atoms with Crippen molar-refractivity contribution in [1.82, 2.24) is 4.72 Å². The van der Waals surface area contributed by atoms with E-state index in [0.717, 1.165) is 18.4 Å².